The summed E-state index contributed by atoms with van der Waals surface area (Å²) in [5.41, 5.74) is 3.45. The quantitative estimate of drug-likeness (QED) is 0.737. The Morgan fingerprint density at radius 2 is 1.96 bits per heavy atom. The third-order valence-corrected chi connectivity index (χ3v) is 4.77. The monoisotopic (exact) mass is 376 g/mol. The molecule has 28 heavy (non-hydrogen) atoms. The molecular formula is C22H20N2O4. The van der Waals surface area contributed by atoms with Crippen molar-refractivity contribution >= 4 is 23.2 Å². The van der Waals surface area contributed by atoms with E-state index in [0.29, 0.717) is 18.0 Å². The van der Waals surface area contributed by atoms with Gasteiger partial charge in [0.15, 0.2) is 5.76 Å². The zero-order chi connectivity index (χ0) is 19.5. The molecule has 1 aliphatic rings. The summed E-state index contributed by atoms with van der Waals surface area (Å²) in [5, 5.41) is 2.91. The van der Waals surface area contributed by atoms with E-state index >= 15 is 0 Å². The number of carbonyl (C=O) groups excluding carboxylic acids is 2. The Kier molecular flexibility index (Phi) is 4.85. The van der Waals surface area contributed by atoms with Crippen LogP contribution in [-0.2, 0) is 17.6 Å². The van der Waals surface area contributed by atoms with Gasteiger partial charge in [-0.1, -0.05) is 18.2 Å². The first kappa shape index (κ1) is 17.9. The molecule has 0 saturated carbocycles. The second kappa shape index (κ2) is 7.60. The van der Waals surface area contributed by atoms with Crippen molar-refractivity contribution in [1.29, 1.82) is 0 Å². The van der Waals surface area contributed by atoms with Crippen LogP contribution in [0.15, 0.2) is 65.3 Å². The Bertz CT molecular complexity index is 994. The number of furan rings is 1. The number of ether oxygens (including phenoxy) is 1. The van der Waals surface area contributed by atoms with Crippen LogP contribution < -0.4 is 15.0 Å². The average Bonchev–Trinajstić information content (AvgIpc) is 3.38. The molecule has 1 aromatic heterocycles. The summed E-state index contributed by atoms with van der Waals surface area (Å²) in [6.07, 6.45) is 2.53. The van der Waals surface area contributed by atoms with Gasteiger partial charge in [-0.3, -0.25) is 9.59 Å². The van der Waals surface area contributed by atoms with Crippen LogP contribution in [-0.4, -0.2) is 25.5 Å². The largest absolute Gasteiger partial charge is 0.497 e. The number of benzene rings is 2. The lowest BCUT2D eigenvalue weighted by atomic mass is 10.1. The van der Waals surface area contributed by atoms with Crippen LogP contribution in [0.4, 0.5) is 11.4 Å². The molecule has 3 aromatic rings. The van der Waals surface area contributed by atoms with Gasteiger partial charge in [0.05, 0.1) is 19.8 Å². The van der Waals surface area contributed by atoms with E-state index in [0.717, 1.165) is 29.0 Å². The highest BCUT2D eigenvalue weighted by molar-refractivity contribution is 6.06. The van der Waals surface area contributed by atoms with Crippen LogP contribution in [0.2, 0.25) is 0 Å². The topological polar surface area (TPSA) is 71.8 Å². The van der Waals surface area contributed by atoms with Gasteiger partial charge in [0.2, 0.25) is 5.91 Å². The number of methoxy groups -OCH3 is 1. The Morgan fingerprint density at radius 1 is 1.14 bits per heavy atom. The molecule has 2 amide bonds. The first-order valence-corrected chi connectivity index (χ1v) is 9.05. The molecule has 0 bridgehead atoms. The van der Waals surface area contributed by atoms with Gasteiger partial charge in [-0.2, -0.15) is 0 Å². The third-order valence-electron chi connectivity index (χ3n) is 4.77. The predicted octanol–water partition coefficient (Wildman–Crippen LogP) is 3.67. The van der Waals surface area contributed by atoms with Gasteiger partial charge in [-0.15, -0.1) is 0 Å². The van der Waals surface area contributed by atoms with E-state index in [1.165, 1.54) is 6.26 Å². The van der Waals surface area contributed by atoms with Crippen molar-refractivity contribution in [3.05, 3.63) is 77.7 Å². The molecular weight excluding hydrogens is 356 g/mol. The molecule has 0 aliphatic carbocycles. The number of hydrogen-bond acceptors (Lipinski definition) is 4. The zero-order valence-corrected chi connectivity index (χ0v) is 15.5. The smallest absolute Gasteiger partial charge is 0.293 e. The molecule has 0 atom stereocenters. The predicted molar refractivity (Wildman–Crippen MR) is 106 cm³/mol. The minimum Gasteiger partial charge on any atom is -0.497 e. The van der Waals surface area contributed by atoms with Crippen molar-refractivity contribution in [2.75, 3.05) is 23.9 Å². The Hall–Kier alpha value is -3.54. The lowest BCUT2D eigenvalue weighted by Gasteiger charge is -2.17. The van der Waals surface area contributed by atoms with E-state index in [-0.39, 0.29) is 18.2 Å². The second-order valence-electron chi connectivity index (χ2n) is 6.60. The minimum atomic E-state index is -0.176. The number of hydrogen-bond donors (Lipinski definition) is 1. The van der Waals surface area contributed by atoms with Gasteiger partial charge in [-0.05, 0) is 53.9 Å². The SMILES string of the molecule is COc1ccc(CC(=O)Nc2ccc3c(c2)N(C(=O)c2ccco2)CC3)cc1. The van der Waals surface area contributed by atoms with E-state index in [4.69, 9.17) is 9.15 Å². The number of nitrogens with zero attached hydrogens (tertiary/aromatic N) is 1. The minimum absolute atomic E-state index is 0.118. The molecule has 1 aliphatic heterocycles. The summed E-state index contributed by atoms with van der Waals surface area (Å²) in [5.74, 6) is 0.767. The van der Waals surface area contributed by atoms with E-state index < -0.39 is 0 Å². The molecule has 1 N–H and O–H groups in total. The normalized spacial score (nSPS) is 12.5. The van der Waals surface area contributed by atoms with Crippen LogP contribution in [0, 0.1) is 0 Å². The van der Waals surface area contributed by atoms with Crippen LogP contribution in [0.5, 0.6) is 5.75 Å². The van der Waals surface area contributed by atoms with E-state index in [1.807, 2.05) is 42.5 Å². The molecule has 2 aromatic carbocycles. The summed E-state index contributed by atoms with van der Waals surface area (Å²) in [6.45, 7) is 0.595. The highest BCUT2D eigenvalue weighted by atomic mass is 16.5. The molecule has 0 fully saturated rings. The maximum Gasteiger partial charge on any atom is 0.293 e. The molecule has 0 saturated heterocycles. The molecule has 4 rings (SSSR count). The summed E-state index contributed by atoms with van der Waals surface area (Å²) in [4.78, 5) is 26.7. The van der Waals surface area contributed by atoms with Crippen molar-refractivity contribution in [3.8, 4) is 5.75 Å². The molecule has 0 unspecified atom stereocenters. The van der Waals surface area contributed by atoms with E-state index in [1.54, 1.807) is 24.1 Å². The van der Waals surface area contributed by atoms with Crippen molar-refractivity contribution < 1.29 is 18.7 Å². The lowest BCUT2D eigenvalue weighted by Crippen LogP contribution is -2.28. The van der Waals surface area contributed by atoms with Gasteiger partial charge < -0.3 is 19.4 Å². The zero-order valence-electron chi connectivity index (χ0n) is 15.5. The van der Waals surface area contributed by atoms with Crippen LogP contribution in [0.3, 0.4) is 0 Å². The molecule has 6 nitrogen and oxygen atoms in total. The highest BCUT2D eigenvalue weighted by Crippen LogP contribution is 2.32. The van der Waals surface area contributed by atoms with Crippen molar-refractivity contribution in [1.82, 2.24) is 0 Å². The van der Waals surface area contributed by atoms with Gasteiger partial charge in [-0.25, -0.2) is 0 Å². The Labute approximate surface area is 162 Å². The van der Waals surface area contributed by atoms with Gasteiger partial charge >= 0.3 is 0 Å². The number of rotatable bonds is 5. The standard InChI is InChI=1S/C22H20N2O4/c1-27-18-8-4-15(5-9-18)13-21(25)23-17-7-6-16-10-11-24(19(16)14-17)22(26)20-3-2-12-28-20/h2-9,12,14H,10-11,13H2,1H3,(H,23,25). The van der Waals surface area contributed by atoms with Crippen molar-refractivity contribution in [3.63, 3.8) is 0 Å². The first-order valence-electron chi connectivity index (χ1n) is 9.05. The van der Waals surface area contributed by atoms with Crippen LogP contribution in [0.1, 0.15) is 21.7 Å². The van der Waals surface area contributed by atoms with Crippen molar-refractivity contribution in [2.45, 2.75) is 12.8 Å². The summed E-state index contributed by atoms with van der Waals surface area (Å²) in [7, 11) is 1.61. The second-order valence-corrected chi connectivity index (χ2v) is 6.60. The maximum absolute atomic E-state index is 12.6. The van der Waals surface area contributed by atoms with Crippen LogP contribution >= 0.6 is 0 Å². The number of amides is 2. The van der Waals surface area contributed by atoms with E-state index in [9.17, 15) is 9.59 Å². The first-order chi connectivity index (χ1) is 13.6. The molecule has 0 radical (unpaired) electrons. The molecule has 0 spiro atoms. The van der Waals surface area contributed by atoms with Crippen LogP contribution in [0.25, 0.3) is 0 Å². The Balaban J connectivity index is 1.47. The molecule has 6 heteroatoms. The maximum atomic E-state index is 12.6. The molecule has 142 valence electrons. The summed E-state index contributed by atoms with van der Waals surface area (Å²) in [6, 6.07) is 16.4. The van der Waals surface area contributed by atoms with Gasteiger partial charge in [0, 0.05) is 17.9 Å². The van der Waals surface area contributed by atoms with Gasteiger partial charge in [0.25, 0.3) is 5.91 Å². The summed E-state index contributed by atoms with van der Waals surface area (Å²) >= 11 is 0. The van der Waals surface area contributed by atoms with Crippen molar-refractivity contribution in [2.24, 2.45) is 0 Å². The highest BCUT2D eigenvalue weighted by Gasteiger charge is 2.27. The van der Waals surface area contributed by atoms with Gasteiger partial charge in [0.1, 0.15) is 5.75 Å². The van der Waals surface area contributed by atoms with E-state index in [2.05, 4.69) is 5.32 Å². The lowest BCUT2D eigenvalue weighted by molar-refractivity contribution is -0.115. The third kappa shape index (κ3) is 3.62. The number of fused-ring (bicyclic) bond motifs is 1. The summed E-state index contributed by atoms with van der Waals surface area (Å²) < 4.78 is 10.4. The number of nitrogens with one attached hydrogen (secondary N) is 1. The fourth-order valence-electron chi connectivity index (χ4n) is 3.34. The fourth-order valence-corrected chi connectivity index (χ4v) is 3.34. The number of carbonyl (C=O) groups is 2. The fraction of sp³-hybridized carbons (Fsp3) is 0.182. The average molecular weight is 376 g/mol. The number of anilines is 2. The molecule has 2 heterocycles. The Morgan fingerprint density at radius 3 is 2.68 bits per heavy atom.